The average Bonchev–Trinajstić information content (AvgIpc) is 3.46. The van der Waals surface area contributed by atoms with Gasteiger partial charge in [-0.05, 0) is 75.9 Å². The predicted octanol–water partition coefficient (Wildman–Crippen LogP) is 4.59. The second-order valence-corrected chi connectivity index (χ2v) is 13.0. The maximum Gasteiger partial charge on any atom is 0.261 e. The maximum atomic E-state index is 15.9. The number of ether oxygens (including phenoxy) is 1. The predicted molar refractivity (Wildman–Crippen MR) is 179 cm³/mol. The summed E-state index contributed by atoms with van der Waals surface area (Å²) < 4.78 is 23.3. The quantitative estimate of drug-likeness (QED) is 0.299. The molecular weight excluding hydrogens is 599 g/mol. The van der Waals surface area contributed by atoms with E-state index in [2.05, 4.69) is 53.7 Å². The van der Waals surface area contributed by atoms with Crippen molar-refractivity contribution >= 4 is 28.6 Å². The summed E-state index contributed by atoms with van der Waals surface area (Å²) >= 11 is 0. The van der Waals surface area contributed by atoms with E-state index in [1.807, 2.05) is 6.07 Å². The molecule has 2 saturated heterocycles. The molecule has 1 aliphatic carbocycles. The van der Waals surface area contributed by atoms with E-state index in [0.717, 1.165) is 81.7 Å². The van der Waals surface area contributed by atoms with Gasteiger partial charge in [0.25, 0.3) is 5.91 Å². The number of benzene rings is 1. The van der Waals surface area contributed by atoms with Crippen molar-refractivity contribution in [3.8, 4) is 17.0 Å². The van der Waals surface area contributed by atoms with E-state index in [9.17, 15) is 9.90 Å². The van der Waals surface area contributed by atoms with E-state index in [1.54, 1.807) is 12.3 Å². The monoisotopic (exact) mass is 642 g/mol. The zero-order valence-electron chi connectivity index (χ0n) is 27.1. The number of pyridine rings is 2. The van der Waals surface area contributed by atoms with Crippen LogP contribution >= 0.6 is 0 Å². The van der Waals surface area contributed by atoms with Crippen molar-refractivity contribution in [1.29, 1.82) is 0 Å². The summed E-state index contributed by atoms with van der Waals surface area (Å²) in [5.74, 6) is -0.603. The number of imidazole rings is 1. The Morgan fingerprint density at radius 3 is 2.47 bits per heavy atom. The Balaban J connectivity index is 1.16. The number of piperazine rings is 1. The minimum absolute atomic E-state index is 0.0154. The van der Waals surface area contributed by atoms with Gasteiger partial charge in [0.2, 0.25) is 5.95 Å². The molecule has 7 rings (SSSR count). The molecule has 2 N–H and O–H groups in total. The molecule has 3 aromatic heterocycles. The summed E-state index contributed by atoms with van der Waals surface area (Å²) in [5.41, 5.74) is 3.02. The van der Waals surface area contributed by atoms with Gasteiger partial charge >= 0.3 is 0 Å². The van der Waals surface area contributed by atoms with Gasteiger partial charge in [-0.1, -0.05) is 0 Å². The number of aliphatic hydroxyl groups excluding tert-OH is 1. The molecular formula is C35H43FN8O3. The van der Waals surface area contributed by atoms with Crippen LogP contribution in [0.15, 0.2) is 48.9 Å². The van der Waals surface area contributed by atoms with Crippen LogP contribution in [-0.4, -0.2) is 106 Å². The molecule has 4 aromatic rings. The molecule has 0 unspecified atom stereocenters. The first kappa shape index (κ1) is 31.5. The van der Waals surface area contributed by atoms with E-state index in [4.69, 9.17) is 9.72 Å². The molecule has 1 amide bonds. The molecule has 5 heterocycles. The molecule has 11 nitrogen and oxygen atoms in total. The number of nitrogens with zero attached hydrogens (tertiary/aromatic N) is 7. The molecule has 1 aromatic carbocycles. The second kappa shape index (κ2) is 13.5. The largest absolute Gasteiger partial charge is 0.496 e. The average molecular weight is 643 g/mol. The molecule has 0 radical (unpaired) electrons. The number of anilines is 2. The van der Waals surface area contributed by atoms with E-state index in [1.165, 1.54) is 25.6 Å². The number of rotatable bonds is 7. The Morgan fingerprint density at radius 1 is 0.957 bits per heavy atom. The molecule has 0 atom stereocenters. The third-order valence-corrected chi connectivity index (χ3v) is 10.2. The van der Waals surface area contributed by atoms with Crippen LogP contribution < -0.4 is 15.0 Å². The van der Waals surface area contributed by atoms with Crippen LogP contribution in [0.2, 0.25) is 0 Å². The summed E-state index contributed by atoms with van der Waals surface area (Å²) in [5, 5.41) is 13.2. The van der Waals surface area contributed by atoms with E-state index >= 15 is 4.39 Å². The number of piperidine rings is 1. The van der Waals surface area contributed by atoms with E-state index in [0.29, 0.717) is 36.1 Å². The van der Waals surface area contributed by atoms with Crippen molar-refractivity contribution in [3.05, 3.63) is 60.3 Å². The Bertz CT molecular complexity index is 1720. The van der Waals surface area contributed by atoms with Gasteiger partial charge in [-0.3, -0.25) is 25.0 Å². The molecule has 12 heteroatoms. The van der Waals surface area contributed by atoms with Crippen molar-refractivity contribution in [3.63, 3.8) is 0 Å². The number of methoxy groups -OCH3 is 1. The van der Waals surface area contributed by atoms with Gasteiger partial charge < -0.3 is 24.2 Å². The van der Waals surface area contributed by atoms with Gasteiger partial charge in [-0.2, -0.15) is 0 Å². The summed E-state index contributed by atoms with van der Waals surface area (Å²) in [4.78, 5) is 34.3. The molecule has 1 saturated carbocycles. The van der Waals surface area contributed by atoms with Crippen LogP contribution in [-0.2, 0) is 0 Å². The number of nitrogens with one attached hydrogen (secondary N) is 1. The lowest BCUT2D eigenvalue weighted by molar-refractivity contribution is 0.0982. The SMILES string of the molecule is COc1ccncc1-c1nccc(C(=O)Nc2nc3ccc(N4CCC(N5CCN(C)CC5)CC4)cc3n2[C@H]2CC[C@@H](O)CC2)c1F. The number of carbonyl (C=O) groups is 1. The first-order chi connectivity index (χ1) is 22.9. The molecule has 0 bridgehead atoms. The number of halogens is 1. The number of aliphatic hydroxyl groups is 1. The highest BCUT2D eigenvalue weighted by Gasteiger charge is 2.30. The van der Waals surface area contributed by atoms with Crippen molar-refractivity contribution in [2.45, 2.75) is 56.7 Å². The zero-order chi connectivity index (χ0) is 32.5. The Labute approximate surface area is 274 Å². The van der Waals surface area contributed by atoms with Crippen LogP contribution in [0.3, 0.4) is 0 Å². The van der Waals surface area contributed by atoms with Crippen LogP contribution in [0.5, 0.6) is 5.75 Å². The third-order valence-electron chi connectivity index (χ3n) is 10.2. The maximum absolute atomic E-state index is 15.9. The number of fused-ring (bicyclic) bond motifs is 1. The van der Waals surface area contributed by atoms with E-state index in [-0.39, 0.29) is 23.4 Å². The van der Waals surface area contributed by atoms with Gasteiger partial charge in [0, 0.05) is 75.6 Å². The molecule has 2 aliphatic heterocycles. The normalized spacial score (nSPS) is 21.7. The first-order valence-electron chi connectivity index (χ1n) is 16.7. The number of hydrogen-bond donors (Lipinski definition) is 2. The number of hydrogen-bond acceptors (Lipinski definition) is 9. The standard InChI is InChI=1S/C35H43FN8O3/c1-41-17-19-43(20-18-41)23-11-15-42(16-12-23)25-5-8-29-30(21-25)44(24-3-6-26(45)7-4-24)35(39-29)40-34(46)27-9-14-38-33(32(27)36)28-22-37-13-10-31(28)47-2/h5,8-10,13-14,21-24,26,45H,3-4,6-7,11-12,15-20H2,1-2H3,(H,39,40,46)/t24-,26+. The molecule has 3 aliphatic rings. The van der Waals surface area contributed by atoms with Crippen molar-refractivity contribution < 1.29 is 19.0 Å². The van der Waals surface area contributed by atoms with Gasteiger partial charge in [0.1, 0.15) is 11.4 Å². The fourth-order valence-electron chi connectivity index (χ4n) is 7.44. The van der Waals surface area contributed by atoms with Crippen LogP contribution in [0, 0.1) is 5.82 Å². The highest BCUT2D eigenvalue weighted by molar-refractivity contribution is 6.05. The lowest BCUT2D eigenvalue weighted by atomic mass is 9.93. The van der Waals surface area contributed by atoms with Crippen LogP contribution in [0.25, 0.3) is 22.3 Å². The number of likely N-dealkylation sites (N-methyl/N-ethyl adjacent to an activating group) is 1. The third kappa shape index (κ3) is 6.41. The minimum atomic E-state index is -0.762. The Morgan fingerprint density at radius 2 is 1.72 bits per heavy atom. The smallest absolute Gasteiger partial charge is 0.261 e. The topological polar surface area (TPSA) is 112 Å². The molecule has 47 heavy (non-hydrogen) atoms. The summed E-state index contributed by atoms with van der Waals surface area (Å²) in [6.45, 7) is 6.51. The summed E-state index contributed by atoms with van der Waals surface area (Å²) in [6.07, 6.45) is 9.22. The lowest BCUT2D eigenvalue weighted by Gasteiger charge is -2.42. The first-order valence-corrected chi connectivity index (χ1v) is 16.7. The number of aromatic nitrogens is 4. The van der Waals surface area contributed by atoms with Gasteiger partial charge in [0.05, 0.1) is 35.4 Å². The van der Waals surface area contributed by atoms with Crippen LogP contribution in [0.1, 0.15) is 54.9 Å². The van der Waals surface area contributed by atoms with Gasteiger partial charge in [-0.25, -0.2) is 9.37 Å². The minimum Gasteiger partial charge on any atom is -0.496 e. The molecule has 3 fully saturated rings. The Kier molecular flexibility index (Phi) is 9.07. The lowest BCUT2D eigenvalue weighted by Crippen LogP contribution is -2.52. The highest BCUT2D eigenvalue weighted by Crippen LogP contribution is 2.37. The van der Waals surface area contributed by atoms with Crippen LogP contribution in [0.4, 0.5) is 16.0 Å². The van der Waals surface area contributed by atoms with Gasteiger partial charge in [-0.15, -0.1) is 0 Å². The molecule has 0 spiro atoms. The highest BCUT2D eigenvalue weighted by atomic mass is 19.1. The molecule has 248 valence electrons. The van der Waals surface area contributed by atoms with Gasteiger partial charge in [0.15, 0.2) is 5.82 Å². The van der Waals surface area contributed by atoms with Crippen molar-refractivity contribution in [2.24, 2.45) is 0 Å². The number of amides is 1. The zero-order valence-corrected chi connectivity index (χ0v) is 27.1. The summed E-state index contributed by atoms with van der Waals surface area (Å²) in [6, 6.07) is 9.95. The van der Waals surface area contributed by atoms with Crippen molar-refractivity contribution in [1.82, 2.24) is 29.3 Å². The fourth-order valence-corrected chi connectivity index (χ4v) is 7.44. The summed E-state index contributed by atoms with van der Waals surface area (Å²) in [7, 11) is 3.69. The number of carbonyl (C=O) groups excluding carboxylic acids is 1. The van der Waals surface area contributed by atoms with Crippen molar-refractivity contribution in [2.75, 3.05) is 63.6 Å². The second-order valence-electron chi connectivity index (χ2n) is 13.0. The Hall–Kier alpha value is -4.13. The van der Waals surface area contributed by atoms with E-state index < -0.39 is 11.7 Å². The fraction of sp³-hybridized carbons (Fsp3) is 0.486.